The molecule has 4 amide bonds. The fraction of sp³-hybridized carbons (Fsp3) is 0.263. The normalized spacial score (nSPS) is 27.3. The molecule has 2 saturated heterocycles. The molecule has 2 heterocycles. The van der Waals surface area contributed by atoms with E-state index in [-0.39, 0.29) is 39.6 Å². The highest BCUT2D eigenvalue weighted by atomic mass is 35.5. The van der Waals surface area contributed by atoms with Crippen molar-refractivity contribution in [3.63, 3.8) is 0 Å². The molecule has 302 valence electrons. The molecular formula is C38H19Cl2F11N2O5. The molecule has 6 atom stereocenters. The quantitative estimate of drug-likeness (QED) is 0.0555. The average Bonchev–Trinajstić information content (AvgIpc) is 3.50. The summed E-state index contributed by atoms with van der Waals surface area (Å²) < 4.78 is 157. The van der Waals surface area contributed by atoms with E-state index in [4.69, 9.17) is 23.2 Å². The lowest BCUT2D eigenvalue weighted by Gasteiger charge is -2.50. The molecule has 4 aliphatic rings. The zero-order chi connectivity index (χ0) is 42.3. The lowest BCUT2D eigenvalue weighted by Crippen LogP contribution is -2.60. The number of phenols is 1. The monoisotopic (exact) mass is 862 g/mol. The van der Waals surface area contributed by atoms with Gasteiger partial charge in [-0.3, -0.25) is 19.2 Å². The number of hydrogen-bond donors (Lipinski definition) is 1. The Hall–Kier alpha value is -5.23. The van der Waals surface area contributed by atoms with E-state index < -0.39 is 144 Å². The fourth-order valence-electron chi connectivity index (χ4n) is 8.74. The summed E-state index contributed by atoms with van der Waals surface area (Å²) in [5.74, 6) is -26.7. The highest BCUT2D eigenvalue weighted by Crippen LogP contribution is 2.67. The van der Waals surface area contributed by atoms with E-state index >= 15 is 8.78 Å². The minimum atomic E-state index is -5.38. The molecule has 0 spiro atoms. The van der Waals surface area contributed by atoms with Crippen molar-refractivity contribution in [3.05, 3.63) is 112 Å². The smallest absolute Gasteiger partial charge is 0.416 e. The maximum absolute atomic E-state index is 15.3. The van der Waals surface area contributed by atoms with Gasteiger partial charge in [0.05, 0.1) is 28.7 Å². The van der Waals surface area contributed by atoms with E-state index in [2.05, 4.69) is 0 Å². The number of hydrogen-bond acceptors (Lipinski definition) is 5. The van der Waals surface area contributed by atoms with E-state index in [1.165, 1.54) is 30.3 Å². The van der Waals surface area contributed by atoms with Crippen molar-refractivity contribution in [2.24, 2.45) is 17.8 Å². The summed E-state index contributed by atoms with van der Waals surface area (Å²) in [4.78, 5) is 50.8. The van der Waals surface area contributed by atoms with Crippen LogP contribution in [0.25, 0.3) is 10.8 Å². The Morgan fingerprint density at radius 3 is 1.84 bits per heavy atom. The number of halogens is 13. The van der Waals surface area contributed by atoms with Crippen LogP contribution < -0.4 is 9.80 Å². The van der Waals surface area contributed by atoms with Crippen LogP contribution in [-0.4, -0.2) is 38.5 Å². The Morgan fingerprint density at radius 1 is 0.690 bits per heavy atom. The highest BCUT2D eigenvalue weighted by molar-refractivity contribution is 6.58. The Kier molecular flexibility index (Phi) is 8.62. The second-order valence-electron chi connectivity index (χ2n) is 14.2. The van der Waals surface area contributed by atoms with Gasteiger partial charge in [-0.1, -0.05) is 48.0 Å². The molecule has 1 N–H and O–H groups in total. The number of fused-ring (bicyclic) bond motifs is 5. The lowest BCUT2D eigenvalue weighted by atomic mass is 9.56. The first kappa shape index (κ1) is 39.6. The molecule has 0 aromatic heterocycles. The summed E-state index contributed by atoms with van der Waals surface area (Å²) in [7, 11) is 0. The van der Waals surface area contributed by atoms with Crippen LogP contribution in [-0.2, 0) is 31.5 Å². The second kappa shape index (κ2) is 12.6. The summed E-state index contributed by atoms with van der Waals surface area (Å²) in [6, 6.07) is 8.77. The van der Waals surface area contributed by atoms with Crippen LogP contribution in [0.15, 0.2) is 66.2 Å². The molecule has 3 fully saturated rings. The number of nitrogens with zero attached hydrogens (tertiary/aromatic N) is 2. The number of alkyl halides is 8. The Morgan fingerprint density at radius 2 is 1.26 bits per heavy atom. The molecule has 1 saturated carbocycles. The van der Waals surface area contributed by atoms with Crippen LogP contribution in [0.3, 0.4) is 0 Å². The number of aromatic hydroxyl groups is 1. The van der Waals surface area contributed by atoms with E-state index in [9.17, 15) is 63.8 Å². The third-order valence-corrected chi connectivity index (χ3v) is 12.7. The molecule has 58 heavy (non-hydrogen) atoms. The van der Waals surface area contributed by atoms with Crippen molar-refractivity contribution in [2.75, 3.05) is 9.80 Å². The molecule has 2 aliphatic heterocycles. The summed E-state index contributed by atoms with van der Waals surface area (Å²) in [6.07, 6.45) is -11.0. The van der Waals surface area contributed by atoms with Gasteiger partial charge in [0.1, 0.15) is 11.4 Å². The van der Waals surface area contributed by atoms with Gasteiger partial charge >= 0.3 is 12.4 Å². The van der Waals surface area contributed by atoms with Crippen molar-refractivity contribution >= 4 is 69.0 Å². The SMILES string of the molecule is O=C1C2CC=C3C(CC4(Cl)C(=O)N(c5c(F)c(F)c(F)c(F)c5F)C(=O)C4(Cl)C3c3ccc4ccccc4c3O)C2C(=O)N1c1cc(C(F)(F)F)cc(C(F)(F)F)c1. The van der Waals surface area contributed by atoms with Gasteiger partial charge in [-0.05, 0) is 42.3 Å². The van der Waals surface area contributed by atoms with Crippen LogP contribution in [0.2, 0.25) is 0 Å². The Bertz CT molecular complexity index is 2540. The molecule has 6 unspecified atom stereocenters. The molecule has 20 heteroatoms. The second-order valence-corrected chi connectivity index (χ2v) is 15.4. The number of amides is 4. The molecule has 0 radical (unpaired) electrons. The molecule has 8 rings (SSSR count). The van der Waals surface area contributed by atoms with Gasteiger partial charge in [0, 0.05) is 16.9 Å². The maximum Gasteiger partial charge on any atom is 0.416 e. The standard InChI is InChI=1S/C38H19Cl2F11N2O5/c39-35-12-21-18(7-8-19-22(21)32(56)52(31(19)55)16-10-14(37(46,47)48)9-15(11-16)38(49,50)51)23(20-6-5-13-3-1-2-4-17(13)30(20)54)36(35,40)34(58)53(33(35)57)29-27(44)25(42)24(41)26(43)28(29)45/h1-7,9-11,19,21-23,54H,8,12H2. The zero-order valence-electron chi connectivity index (χ0n) is 28.4. The molecule has 7 nitrogen and oxygen atoms in total. The van der Waals surface area contributed by atoms with Crippen LogP contribution in [0.1, 0.15) is 35.4 Å². The van der Waals surface area contributed by atoms with E-state index in [0.717, 1.165) is 0 Å². The van der Waals surface area contributed by atoms with Gasteiger partial charge < -0.3 is 5.11 Å². The molecule has 4 aromatic carbocycles. The predicted octanol–water partition coefficient (Wildman–Crippen LogP) is 9.05. The van der Waals surface area contributed by atoms with Crippen LogP contribution >= 0.6 is 23.2 Å². The topological polar surface area (TPSA) is 95.0 Å². The van der Waals surface area contributed by atoms with E-state index in [1.54, 1.807) is 12.1 Å². The number of carbonyl (C=O) groups excluding carboxylic acids is 4. The zero-order valence-corrected chi connectivity index (χ0v) is 29.9. The number of carbonyl (C=O) groups is 4. The van der Waals surface area contributed by atoms with Gasteiger partial charge in [0.25, 0.3) is 11.8 Å². The minimum absolute atomic E-state index is 0.105. The van der Waals surface area contributed by atoms with Gasteiger partial charge in [-0.15, -0.1) is 23.2 Å². The Labute approximate surface area is 327 Å². The van der Waals surface area contributed by atoms with Gasteiger partial charge in [0.15, 0.2) is 33.0 Å². The molecule has 2 aliphatic carbocycles. The lowest BCUT2D eigenvalue weighted by molar-refractivity contribution is -0.143. The summed E-state index contributed by atoms with van der Waals surface area (Å²) in [5.41, 5.74) is -7.31. The number of phenolic OH excluding ortho intramolecular Hbond substituents is 1. The fourth-order valence-corrected chi connectivity index (χ4v) is 9.67. The number of imide groups is 2. The van der Waals surface area contributed by atoms with Crippen molar-refractivity contribution in [1.29, 1.82) is 0 Å². The summed E-state index contributed by atoms with van der Waals surface area (Å²) in [6.45, 7) is 0. The van der Waals surface area contributed by atoms with E-state index in [0.29, 0.717) is 5.39 Å². The Balaban J connectivity index is 1.33. The van der Waals surface area contributed by atoms with Crippen molar-refractivity contribution in [3.8, 4) is 5.75 Å². The average molecular weight is 863 g/mol. The third kappa shape index (κ3) is 5.18. The van der Waals surface area contributed by atoms with Crippen LogP contribution in [0, 0.1) is 46.8 Å². The first-order valence-corrected chi connectivity index (χ1v) is 17.6. The molecule has 0 bridgehead atoms. The van der Waals surface area contributed by atoms with Gasteiger partial charge in [-0.2, -0.15) is 26.3 Å². The predicted molar refractivity (Wildman–Crippen MR) is 181 cm³/mol. The first-order valence-electron chi connectivity index (χ1n) is 16.8. The van der Waals surface area contributed by atoms with Crippen LogP contribution in [0.4, 0.5) is 59.7 Å². The maximum atomic E-state index is 15.3. The highest BCUT2D eigenvalue weighted by Gasteiger charge is 2.77. The molecular weight excluding hydrogens is 844 g/mol. The minimum Gasteiger partial charge on any atom is -0.507 e. The molecule has 4 aromatic rings. The first-order chi connectivity index (χ1) is 27.0. The van der Waals surface area contributed by atoms with Crippen molar-refractivity contribution < 1.29 is 72.6 Å². The number of rotatable bonds is 3. The largest absolute Gasteiger partial charge is 0.507 e. The third-order valence-electron chi connectivity index (χ3n) is 11.3. The number of allylic oxidation sites excluding steroid dienone is 2. The van der Waals surface area contributed by atoms with Crippen LogP contribution in [0.5, 0.6) is 5.75 Å². The van der Waals surface area contributed by atoms with Gasteiger partial charge in [-0.25, -0.2) is 31.8 Å². The van der Waals surface area contributed by atoms with E-state index in [1.807, 2.05) is 0 Å². The summed E-state index contributed by atoms with van der Waals surface area (Å²) in [5, 5.41) is 12.2. The van der Waals surface area contributed by atoms with Gasteiger partial charge in [0.2, 0.25) is 17.6 Å². The van der Waals surface area contributed by atoms with Crippen molar-refractivity contribution in [2.45, 2.75) is 40.9 Å². The number of benzene rings is 4. The summed E-state index contributed by atoms with van der Waals surface area (Å²) >= 11 is 14.1. The number of anilines is 2. The van der Waals surface area contributed by atoms with Crippen molar-refractivity contribution in [1.82, 2.24) is 0 Å².